The first-order chi connectivity index (χ1) is 10.2. The van der Waals surface area contributed by atoms with Gasteiger partial charge in [-0.2, -0.15) is 0 Å². The Labute approximate surface area is 123 Å². The second kappa shape index (κ2) is 5.56. The lowest BCUT2D eigenvalue weighted by molar-refractivity contribution is 0.0936. The van der Waals surface area contributed by atoms with Crippen molar-refractivity contribution in [3.05, 3.63) is 53.3 Å². The third kappa shape index (κ3) is 2.49. The van der Waals surface area contributed by atoms with Crippen LogP contribution in [0.5, 0.6) is 11.5 Å². The van der Waals surface area contributed by atoms with E-state index in [9.17, 15) is 4.79 Å². The predicted octanol–water partition coefficient (Wildman–Crippen LogP) is 2.70. The van der Waals surface area contributed by atoms with E-state index < -0.39 is 0 Å². The molecule has 1 aromatic carbocycles. The number of fused-ring (bicyclic) bond motifs is 1. The van der Waals surface area contributed by atoms with Crippen LogP contribution in [0.1, 0.15) is 21.5 Å². The van der Waals surface area contributed by atoms with Crippen LogP contribution >= 0.6 is 0 Å². The fourth-order valence-corrected chi connectivity index (χ4v) is 2.87. The van der Waals surface area contributed by atoms with Crippen LogP contribution < -0.4 is 9.47 Å². The number of hydrogen-bond acceptors (Lipinski definition) is 4. The molecule has 1 aliphatic rings. The fraction of sp³-hybridized carbons (Fsp3) is 0.294. The number of Topliss-reactive ketones (excluding diaryl/α,β-unsaturated/α-hetero) is 1. The number of pyridine rings is 1. The van der Waals surface area contributed by atoms with Crippen molar-refractivity contribution in [1.29, 1.82) is 0 Å². The predicted molar refractivity (Wildman–Crippen MR) is 79.0 cm³/mol. The lowest BCUT2D eigenvalue weighted by atomic mass is 9.96. The number of aromatic nitrogens is 1. The number of benzene rings is 1. The van der Waals surface area contributed by atoms with E-state index in [2.05, 4.69) is 4.98 Å². The summed E-state index contributed by atoms with van der Waals surface area (Å²) in [5.41, 5.74) is 2.93. The lowest BCUT2D eigenvalue weighted by Gasteiger charge is -2.09. The van der Waals surface area contributed by atoms with E-state index in [4.69, 9.17) is 9.47 Å². The van der Waals surface area contributed by atoms with Crippen LogP contribution in [0.2, 0.25) is 0 Å². The largest absolute Gasteiger partial charge is 0.493 e. The van der Waals surface area contributed by atoms with E-state index in [1.165, 1.54) is 0 Å². The molecule has 4 nitrogen and oxygen atoms in total. The van der Waals surface area contributed by atoms with Gasteiger partial charge in [0.1, 0.15) is 0 Å². The highest BCUT2D eigenvalue weighted by atomic mass is 16.5. The first-order valence-electron chi connectivity index (χ1n) is 6.91. The molecule has 1 heterocycles. The van der Waals surface area contributed by atoms with Crippen molar-refractivity contribution < 1.29 is 14.3 Å². The van der Waals surface area contributed by atoms with Crippen LogP contribution in [0.25, 0.3) is 0 Å². The van der Waals surface area contributed by atoms with Crippen LogP contribution in [0.15, 0.2) is 36.7 Å². The first kappa shape index (κ1) is 13.6. The highest BCUT2D eigenvalue weighted by Crippen LogP contribution is 2.37. The second-order valence-electron chi connectivity index (χ2n) is 5.19. The average molecular weight is 283 g/mol. The molecule has 0 amide bonds. The molecule has 1 aromatic heterocycles. The molecule has 1 atom stereocenters. The monoisotopic (exact) mass is 283 g/mol. The van der Waals surface area contributed by atoms with E-state index >= 15 is 0 Å². The maximum absolute atomic E-state index is 12.6. The van der Waals surface area contributed by atoms with Gasteiger partial charge >= 0.3 is 0 Å². The van der Waals surface area contributed by atoms with Crippen molar-refractivity contribution in [2.45, 2.75) is 12.8 Å². The molecule has 0 aliphatic heterocycles. The number of carbonyl (C=O) groups excluding carboxylic acids is 1. The van der Waals surface area contributed by atoms with Crippen molar-refractivity contribution >= 4 is 5.78 Å². The minimum atomic E-state index is -0.0146. The maximum atomic E-state index is 12.6. The normalized spacial score (nSPS) is 16.7. The van der Waals surface area contributed by atoms with Crippen LogP contribution in [0, 0.1) is 5.92 Å². The third-order valence-electron chi connectivity index (χ3n) is 3.94. The van der Waals surface area contributed by atoms with E-state index in [0.717, 1.165) is 29.5 Å². The average Bonchev–Trinajstić information content (AvgIpc) is 2.82. The van der Waals surface area contributed by atoms with E-state index in [-0.39, 0.29) is 11.7 Å². The summed E-state index contributed by atoms with van der Waals surface area (Å²) >= 11 is 0. The number of ether oxygens (including phenoxy) is 2. The smallest absolute Gasteiger partial charge is 0.167 e. The van der Waals surface area contributed by atoms with Crippen molar-refractivity contribution in [3.8, 4) is 11.5 Å². The number of rotatable bonds is 4. The van der Waals surface area contributed by atoms with Crippen LogP contribution in [-0.2, 0) is 12.8 Å². The van der Waals surface area contributed by atoms with Gasteiger partial charge < -0.3 is 9.47 Å². The molecule has 0 spiro atoms. The fourth-order valence-electron chi connectivity index (χ4n) is 2.87. The van der Waals surface area contributed by atoms with Crippen LogP contribution in [0.3, 0.4) is 0 Å². The zero-order valence-electron chi connectivity index (χ0n) is 12.1. The number of ketones is 1. The molecule has 0 saturated carbocycles. The molecule has 0 radical (unpaired) electrons. The summed E-state index contributed by atoms with van der Waals surface area (Å²) < 4.78 is 10.6. The molecule has 1 aliphatic carbocycles. The van der Waals surface area contributed by atoms with Gasteiger partial charge in [0.15, 0.2) is 17.3 Å². The summed E-state index contributed by atoms with van der Waals surface area (Å²) in [4.78, 5) is 16.6. The number of nitrogens with zero attached hydrogens (tertiary/aromatic N) is 1. The minimum Gasteiger partial charge on any atom is -0.493 e. The number of carbonyl (C=O) groups is 1. The van der Waals surface area contributed by atoms with E-state index in [1.807, 2.05) is 18.2 Å². The van der Waals surface area contributed by atoms with Gasteiger partial charge in [0.25, 0.3) is 0 Å². The Bertz CT molecular complexity index is 667. The molecular weight excluding hydrogens is 266 g/mol. The number of hydrogen-bond donors (Lipinski definition) is 0. The van der Waals surface area contributed by atoms with Crippen molar-refractivity contribution in [2.75, 3.05) is 14.2 Å². The van der Waals surface area contributed by atoms with Gasteiger partial charge in [-0.05, 0) is 48.2 Å². The summed E-state index contributed by atoms with van der Waals surface area (Å²) in [5, 5.41) is 0. The van der Waals surface area contributed by atoms with Gasteiger partial charge in [-0.15, -0.1) is 0 Å². The lowest BCUT2D eigenvalue weighted by Crippen LogP contribution is -2.12. The Morgan fingerprint density at radius 2 is 1.81 bits per heavy atom. The van der Waals surface area contributed by atoms with Gasteiger partial charge in [0.2, 0.25) is 0 Å². The van der Waals surface area contributed by atoms with Crippen molar-refractivity contribution in [3.63, 3.8) is 0 Å². The minimum absolute atomic E-state index is 0.0146. The third-order valence-corrected chi connectivity index (χ3v) is 3.94. The SMILES string of the molecule is COc1cc2c(cc1OC)C(=O)[C@@H](Cc1ccncc1)C2. The Morgan fingerprint density at radius 3 is 2.48 bits per heavy atom. The molecule has 0 fully saturated rings. The highest BCUT2D eigenvalue weighted by Gasteiger charge is 2.32. The Kier molecular flexibility index (Phi) is 3.60. The second-order valence-corrected chi connectivity index (χ2v) is 5.19. The van der Waals surface area contributed by atoms with Gasteiger partial charge in [0.05, 0.1) is 14.2 Å². The standard InChI is InChI=1S/C17H17NO3/c1-20-15-9-12-8-13(7-11-3-5-18-6-4-11)17(19)14(12)10-16(15)21-2/h3-6,9-10,13H,7-8H2,1-2H3/t13-/m0/s1. The molecule has 3 rings (SSSR count). The molecule has 0 unspecified atom stereocenters. The van der Waals surface area contributed by atoms with E-state index in [1.54, 1.807) is 32.7 Å². The molecule has 2 aromatic rings. The summed E-state index contributed by atoms with van der Waals surface area (Å²) in [7, 11) is 3.19. The molecule has 0 N–H and O–H groups in total. The summed E-state index contributed by atoms with van der Waals surface area (Å²) in [6, 6.07) is 7.62. The molecular formula is C17H17NO3. The summed E-state index contributed by atoms with van der Waals surface area (Å²) in [5.74, 6) is 1.45. The number of methoxy groups -OCH3 is 2. The Hall–Kier alpha value is -2.36. The molecule has 0 saturated heterocycles. The van der Waals surface area contributed by atoms with Gasteiger partial charge in [0, 0.05) is 23.9 Å². The first-order valence-corrected chi connectivity index (χ1v) is 6.91. The van der Waals surface area contributed by atoms with Crippen LogP contribution in [-0.4, -0.2) is 25.0 Å². The highest BCUT2D eigenvalue weighted by molar-refractivity contribution is 6.03. The van der Waals surface area contributed by atoms with Crippen molar-refractivity contribution in [2.24, 2.45) is 5.92 Å². The zero-order chi connectivity index (χ0) is 14.8. The van der Waals surface area contributed by atoms with Gasteiger partial charge in [-0.3, -0.25) is 9.78 Å². The topological polar surface area (TPSA) is 48.4 Å². The van der Waals surface area contributed by atoms with E-state index in [0.29, 0.717) is 11.5 Å². The zero-order valence-corrected chi connectivity index (χ0v) is 12.1. The van der Waals surface area contributed by atoms with Crippen molar-refractivity contribution in [1.82, 2.24) is 4.98 Å². The summed E-state index contributed by atoms with van der Waals surface area (Å²) in [6.45, 7) is 0. The molecule has 4 heteroatoms. The molecule has 108 valence electrons. The van der Waals surface area contributed by atoms with Gasteiger partial charge in [-0.25, -0.2) is 0 Å². The van der Waals surface area contributed by atoms with Gasteiger partial charge in [-0.1, -0.05) is 0 Å². The molecule has 21 heavy (non-hydrogen) atoms. The maximum Gasteiger partial charge on any atom is 0.167 e. The Balaban J connectivity index is 1.88. The van der Waals surface area contributed by atoms with Crippen LogP contribution in [0.4, 0.5) is 0 Å². The molecule has 0 bridgehead atoms. The quantitative estimate of drug-likeness (QED) is 0.865. The summed E-state index contributed by atoms with van der Waals surface area (Å²) in [6.07, 6.45) is 5.00. The Morgan fingerprint density at radius 1 is 1.14 bits per heavy atom.